The molecule has 19 heavy (non-hydrogen) atoms. The zero-order valence-electron chi connectivity index (χ0n) is 11.1. The van der Waals surface area contributed by atoms with E-state index in [1.54, 1.807) is 5.57 Å². The van der Waals surface area contributed by atoms with Crippen molar-refractivity contribution in [2.45, 2.75) is 25.3 Å². The van der Waals surface area contributed by atoms with E-state index in [-0.39, 0.29) is 0 Å². The summed E-state index contributed by atoms with van der Waals surface area (Å²) in [5.74, 6) is 0. The fourth-order valence-electron chi connectivity index (χ4n) is 2.93. The maximum atomic E-state index is 5.48. The van der Waals surface area contributed by atoms with Crippen LogP contribution in [-0.4, -0.2) is 37.2 Å². The first kappa shape index (κ1) is 13.3. The van der Waals surface area contributed by atoms with E-state index in [0.29, 0.717) is 6.04 Å². The van der Waals surface area contributed by atoms with Crippen molar-refractivity contribution >= 4 is 22.0 Å². The molecule has 2 aliphatic rings. The monoisotopic (exact) mass is 321 g/mol. The van der Waals surface area contributed by atoms with Gasteiger partial charge in [0.15, 0.2) is 0 Å². The molecule has 1 aromatic carbocycles. The largest absolute Gasteiger partial charge is 0.380 e. The lowest BCUT2D eigenvalue weighted by Gasteiger charge is -2.32. The SMILES string of the molecule is Brc1ccc(C=C2CCN(C3CCOC3)CC2)cc1. The van der Waals surface area contributed by atoms with Crippen LogP contribution in [0.15, 0.2) is 34.3 Å². The summed E-state index contributed by atoms with van der Waals surface area (Å²) in [6, 6.07) is 9.24. The Balaban J connectivity index is 1.58. The number of likely N-dealkylation sites (tertiary alicyclic amines) is 1. The standard InChI is InChI=1S/C16H20BrNO/c17-15-3-1-13(2-4-15)11-14-5-8-18(9-6-14)16-7-10-19-12-16/h1-4,11,16H,5-10,12H2. The van der Waals surface area contributed by atoms with Crippen LogP contribution in [0.1, 0.15) is 24.8 Å². The Kier molecular flexibility index (Phi) is 4.36. The number of nitrogens with zero attached hydrogens (tertiary/aromatic N) is 1. The summed E-state index contributed by atoms with van der Waals surface area (Å²) < 4.78 is 6.63. The number of benzene rings is 1. The van der Waals surface area contributed by atoms with Crippen LogP contribution in [-0.2, 0) is 4.74 Å². The molecule has 2 fully saturated rings. The van der Waals surface area contributed by atoms with Gasteiger partial charge >= 0.3 is 0 Å². The zero-order chi connectivity index (χ0) is 13.1. The lowest BCUT2D eigenvalue weighted by atomic mass is 9.99. The normalized spacial score (nSPS) is 24.7. The van der Waals surface area contributed by atoms with Crippen LogP contribution in [0, 0.1) is 0 Å². The van der Waals surface area contributed by atoms with Crippen molar-refractivity contribution in [3.8, 4) is 0 Å². The molecule has 2 nitrogen and oxygen atoms in total. The first-order chi connectivity index (χ1) is 9.31. The molecule has 0 bridgehead atoms. The predicted octanol–water partition coefficient (Wildman–Crippen LogP) is 3.72. The van der Waals surface area contributed by atoms with E-state index in [2.05, 4.69) is 51.2 Å². The molecule has 0 amide bonds. The Labute approximate surface area is 123 Å². The number of halogens is 1. The zero-order valence-corrected chi connectivity index (χ0v) is 12.7. The Hall–Kier alpha value is -0.640. The quantitative estimate of drug-likeness (QED) is 0.823. The molecule has 0 spiro atoms. The highest BCUT2D eigenvalue weighted by Crippen LogP contribution is 2.24. The maximum absolute atomic E-state index is 5.48. The Bertz CT molecular complexity index is 438. The average Bonchev–Trinajstić information content (AvgIpc) is 2.96. The summed E-state index contributed by atoms with van der Waals surface area (Å²) in [7, 11) is 0. The Morgan fingerprint density at radius 1 is 1.16 bits per heavy atom. The van der Waals surface area contributed by atoms with Crippen LogP contribution in [0.25, 0.3) is 6.08 Å². The van der Waals surface area contributed by atoms with Gasteiger partial charge in [0, 0.05) is 30.2 Å². The second kappa shape index (κ2) is 6.21. The van der Waals surface area contributed by atoms with Crippen LogP contribution in [0.2, 0.25) is 0 Å². The minimum Gasteiger partial charge on any atom is -0.380 e. The van der Waals surface area contributed by atoms with Crippen molar-refractivity contribution in [1.82, 2.24) is 4.90 Å². The van der Waals surface area contributed by atoms with Gasteiger partial charge < -0.3 is 4.74 Å². The van der Waals surface area contributed by atoms with E-state index in [0.717, 1.165) is 17.7 Å². The number of hydrogen-bond acceptors (Lipinski definition) is 2. The maximum Gasteiger partial charge on any atom is 0.0622 e. The second-order valence-corrected chi connectivity index (χ2v) is 6.32. The third kappa shape index (κ3) is 3.47. The van der Waals surface area contributed by atoms with Crippen molar-refractivity contribution < 1.29 is 4.74 Å². The number of piperidine rings is 1. The van der Waals surface area contributed by atoms with Crippen molar-refractivity contribution in [2.75, 3.05) is 26.3 Å². The molecule has 2 heterocycles. The topological polar surface area (TPSA) is 12.5 Å². The van der Waals surface area contributed by atoms with Gasteiger partial charge in [-0.15, -0.1) is 0 Å². The summed E-state index contributed by atoms with van der Waals surface area (Å²) in [6.07, 6.45) is 5.97. The average molecular weight is 322 g/mol. The fourth-order valence-corrected chi connectivity index (χ4v) is 3.19. The van der Waals surface area contributed by atoms with E-state index in [1.165, 1.54) is 37.9 Å². The lowest BCUT2D eigenvalue weighted by molar-refractivity contribution is 0.138. The summed E-state index contributed by atoms with van der Waals surface area (Å²) in [4.78, 5) is 2.60. The van der Waals surface area contributed by atoms with Crippen molar-refractivity contribution in [3.05, 3.63) is 39.9 Å². The van der Waals surface area contributed by atoms with E-state index < -0.39 is 0 Å². The van der Waals surface area contributed by atoms with Crippen molar-refractivity contribution in [1.29, 1.82) is 0 Å². The lowest BCUT2D eigenvalue weighted by Crippen LogP contribution is -2.39. The van der Waals surface area contributed by atoms with Crippen LogP contribution >= 0.6 is 15.9 Å². The molecule has 0 N–H and O–H groups in total. The van der Waals surface area contributed by atoms with E-state index in [4.69, 9.17) is 4.74 Å². The molecule has 2 saturated heterocycles. The highest BCUT2D eigenvalue weighted by molar-refractivity contribution is 9.10. The van der Waals surface area contributed by atoms with Crippen LogP contribution in [0.3, 0.4) is 0 Å². The van der Waals surface area contributed by atoms with Gasteiger partial charge in [-0.2, -0.15) is 0 Å². The first-order valence-electron chi connectivity index (χ1n) is 7.08. The van der Waals surface area contributed by atoms with Crippen LogP contribution in [0.5, 0.6) is 0 Å². The van der Waals surface area contributed by atoms with E-state index in [1.807, 2.05) is 0 Å². The molecule has 0 aliphatic carbocycles. The molecular formula is C16H20BrNO. The third-order valence-electron chi connectivity index (χ3n) is 4.10. The molecular weight excluding hydrogens is 302 g/mol. The number of ether oxygens (including phenoxy) is 1. The van der Waals surface area contributed by atoms with Gasteiger partial charge in [0.05, 0.1) is 6.61 Å². The molecule has 0 aromatic heterocycles. The molecule has 0 saturated carbocycles. The van der Waals surface area contributed by atoms with Crippen molar-refractivity contribution in [3.63, 3.8) is 0 Å². The van der Waals surface area contributed by atoms with Gasteiger partial charge in [-0.3, -0.25) is 4.90 Å². The highest BCUT2D eigenvalue weighted by Gasteiger charge is 2.25. The van der Waals surface area contributed by atoms with Gasteiger partial charge in [-0.25, -0.2) is 0 Å². The van der Waals surface area contributed by atoms with Crippen LogP contribution in [0.4, 0.5) is 0 Å². The summed E-state index contributed by atoms with van der Waals surface area (Å²) in [6.45, 7) is 4.27. The summed E-state index contributed by atoms with van der Waals surface area (Å²) in [5, 5.41) is 0. The molecule has 3 rings (SSSR count). The molecule has 102 valence electrons. The molecule has 3 heteroatoms. The number of hydrogen-bond donors (Lipinski definition) is 0. The highest BCUT2D eigenvalue weighted by atomic mass is 79.9. The van der Waals surface area contributed by atoms with Gasteiger partial charge in [-0.05, 0) is 37.0 Å². The summed E-state index contributed by atoms with van der Waals surface area (Å²) in [5.41, 5.74) is 2.90. The Morgan fingerprint density at radius 3 is 2.53 bits per heavy atom. The second-order valence-electron chi connectivity index (χ2n) is 5.41. The van der Waals surface area contributed by atoms with Gasteiger partial charge in [0.2, 0.25) is 0 Å². The van der Waals surface area contributed by atoms with Gasteiger partial charge in [0.25, 0.3) is 0 Å². The third-order valence-corrected chi connectivity index (χ3v) is 4.63. The van der Waals surface area contributed by atoms with E-state index in [9.17, 15) is 0 Å². The fraction of sp³-hybridized carbons (Fsp3) is 0.500. The first-order valence-corrected chi connectivity index (χ1v) is 7.87. The van der Waals surface area contributed by atoms with Gasteiger partial charge in [-0.1, -0.05) is 39.7 Å². The predicted molar refractivity (Wildman–Crippen MR) is 82.2 cm³/mol. The smallest absolute Gasteiger partial charge is 0.0622 e. The molecule has 0 radical (unpaired) electrons. The minimum absolute atomic E-state index is 0.675. The molecule has 1 unspecified atom stereocenters. The van der Waals surface area contributed by atoms with Crippen molar-refractivity contribution in [2.24, 2.45) is 0 Å². The minimum atomic E-state index is 0.675. The van der Waals surface area contributed by atoms with Crippen LogP contribution < -0.4 is 0 Å². The molecule has 1 aromatic rings. The molecule has 1 atom stereocenters. The van der Waals surface area contributed by atoms with E-state index >= 15 is 0 Å². The molecule has 2 aliphatic heterocycles. The summed E-state index contributed by atoms with van der Waals surface area (Å²) >= 11 is 3.48. The Morgan fingerprint density at radius 2 is 1.89 bits per heavy atom. The number of rotatable bonds is 2. The van der Waals surface area contributed by atoms with Gasteiger partial charge in [0.1, 0.15) is 0 Å².